The average Bonchev–Trinajstić information content (AvgIpc) is 2.93. The predicted octanol–water partition coefficient (Wildman–Crippen LogP) is 3.70. The Labute approximate surface area is 164 Å². The van der Waals surface area contributed by atoms with Crippen molar-refractivity contribution < 1.29 is 4.79 Å². The minimum Gasteiger partial charge on any atom is -0.316 e. The van der Waals surface area contributed by atoms with Gasteiger partial charge < -0.3 is 5.32 Å². The van der Waals surface area contributed by atoms with Crippen LogP contribution in [0.5, 0.6) is 0 Å². The molecule has 138 valence electrons. The highest BCUT2D eigenvalue weighted by molar-refractivity contribution is 7.99. The molecule has 0 fully saturated rings. The van der Waals surface area contributed by atoms with Crippen LogP contribution in [0.1, 0.15) is 22.9 Å². The van der Waals surface area contributed by atoms with Gasteiger partial charge in [-0.1, -0.05) is 23.9 Å². The quantitative estimate of drug-likeness (QED) is 0.523. The first-order valence-corrected chi connectivity index (χ1v) is 10.2. The molecule has 0 aliphatic rings. The highest BCUT2D eigenvalue weighted by Gasteiger charge is 2.16. The minimum atomic E-state index is -0.234. The first-order valence-electron chi connectivity index (χ1n) is 8.38. The molecule has 1 N–H and O–H groups in total. The van der Waals surface area contributed by atoms with E-state index in [0.717, 1.165) is 10.4 Å². The largest absolute Gasteiger partial charge is 0.316 e. The molecular weight excluding hydrogens is 380 g/mol. The molecule has 0 saturated heterocycles. The molecule has 2 aromatic heterocycles. The number of thiophene rings is 1. The standard InChI is InChI=1S/C19H18N4O2S2/c1-4-23-18(25)13-7-5-6-8-15(13)21-19(23)26-10-16(24)22-17-14(9-20)11(2)12(3)27-17/h5-8H,4,10H2,1-3H3,(H,22,24). The number of fused-ring (bicyclic) bond motifs is 1. The van der Waals surface area contributed by atoms with Crippen molar-refractivity contribution in [3.05, 3.63) is 50.6 Å². The van der Waals surface area contributed by atoms with E-state index in [9.17, 15) is 14.9 Å². The van der Waals surface area contributed by atoms with E-state index in [1.807, 2.05) is 32.9 Å². The Morgan fingerprint density at radius 3 is 2.81 bits per heavy atom. The zero-order valence-corrected chi connectivity index (χ0v) is 16.8. The summed E-state index contributed by atoms with van der Waals surface area (Å²) in [7, 11) is 0. The molecule has 8 heteroatoms. The van der Waals surface area contributed by atoms with Crippen LogP contribution in [-0.4, -0.2) is 21.2 Å². The van der Waals surface area contributed by atoms with Gasteiger partial charge in [0.05, 0.1) is 22.2 Å². The first-order chi connectivity index (χ1) is 13.0. The lowest BCUT2D eigenvalue weighted by Gasteiger charge is -2.11. The average molecular weight is 399 g/mol. The molecule has 0 radical (unpaired) electrons. The molecular formula is C19H18N4O2S2. The van der Waals surface area contributed by atoms with Crippen LogP contribution in [0.25, 0.3) is 10.9 Å². The van der Waals surface area contributed by atoms with Crippen molar-refractivity contribution in [2.75, 3.05) is 11.1 Å². The number of anilines is 1. The molecule has 3 aromatic rings. The summed E-state index contributed by atoms with van der Waals surface area (Å²) in [5.74, 6) is -0.131. The third kappa shape index (κ3) is 3.75. The van der Waals surface area contributed by atoms with Crippen LogP contribution in [0, 0.1) is 25.2 Å². The monoisotopic (exact) mass is 398 g/mol. The second-order valence-electron chi connectivity index (χ2n) is 5.90. The summed E-state index contributed by atoms with van der Waals surface area (Å²) in [6.45, 7) is 6.14. The lowest BCUT2D eigenvalue weighted by atomic mass is 10.2. The van der Waals surface area contributed by atoms with Gasteiger partial charge in [0, 0.05) is 11.4 Å². The number of carbonyl (C=O) groups is 1. The molecule has 6 nitrogen and oxygen atoms in total. The molecule has 2 heterocycles. The molecule has 0 atom stereocenters. The van der Waals surface area contributed by atoms with Gasteiger partial charge in [-0.25, -0.2) is 4.98 Å². The number of thioether (sulfide) groups is 1. The number of nitrogens with one attached hydrogen (secondary N) is 1. The van der Waals surface area contributed by atoms with Gasteiger partial charge in [0.25, 0.3) is 5.56 Å². The van der Waals surface area contributed by atoms with Crippen LogP contribution < -0.4 is 10.9 Å². The zero-order chi connectivity index (χ0) is 19.6. The number of para-hydroxylation sites is 1. The second-order valence-corrected chi connectivity index (χ2v) is 8.06. The van der Waals surface area contributed by atoms with Crippen LogP contribution in [0.4, 0.5) is 5.00 Å². The molecule has 1 amide bonds. The van der Waals surface area contributed by atoms with Crippen molar-refractivity contribution in [3.63, 3.8) is 0 Å². The van der Waals surface area contributed by atoms with Crippen molar-refractivity contribution in [3.8, 4) is 6.07 Å². The Bertz CT molecular complexity index is 1130. The fraction of sp³-hybridized carbons (Fsp3) is 0.263. The van der Waals surface area contributed by atoms with E-state index in [-0.39, 0.29) is 17.2 Å². The molecule has 3 rings (SSSR count). The summed E-state index contributed by atoms with van der Waals surface area (Å²) in [6, 6.07) is 9.32. The predicted molar refractivity (Wildman–Crippen MR) is 110 cm³/mol. The third-order valence-electron chi connectivity index (χ3n) is 4.23. The number of hydrogen-bond acceptors (Lipinski definition) is 6. The van der Waals surface area contributed by atoms with E-state index in [1.54, 1.807) is 16.7 Å². The van der Waals surface area contributed by atoms with E-state index in [0.29, 0.717) is 33.2 Å². The normalized spacial score (nSPS) is 10.7. The minimum absolute atomic E-state index is 0.103. The maximum atomic E-state index is 12.6. The molecule has 0 aliphatic heterocycles. The smallest absolute Gasteiger partial charge is 0.262 e. The van der Waals surface area contributed by atoms with Gasteiger partial charge in [-0.15, -0.1) is 11.3 Å². The number of aromatic nitrogens is 2. The molecule has 0 aliphatic carbocycles. The number of rotatable bonds is 5. The fourth-order valence-electron chi connectivity index (χ4n) is 2.68. The number of benzene rings is 1. The van der Waals surface area contributed by atoms with E-state index in [2.05, 4.69) is 16.4 Å². The van der Waals surface area contributed by atoms with Crippen molar-refractivity contribution >= 4 is 44.9 Å². The summed E-state index contributed by atoms with van der Waals surface area (Å²) < 4.78 is 1.57. The summed E-state index contributed by atoms with van der Waals surface area (Å²) in [5, 5.41) is 13.7. The zero-order valence-electron chi connectivity index (χ0n) is 15.2. The SMILES string of the molecule is CCn1c(SCC(=O)Nc2sc(C)c(C)c2C#N)nc2ccccc2c1=O. The van der Waals surface area contributed by atoms with Crippen LogP contribution in [0.15, 0.2) is 34.2 Å². The van der Waals surface area contributed by atoms with E-state index in [4.69, 9.17) is 0 Å². The van der Waals surface area contributed by atoms with Gasteiger partial charge in [-0.2, -0.15) is 5.26 Å². The van der Waals surface area contributed by atoms with Crippen LogP contribution in [0.2, 0.25) is 0 Å². The van der Waals surface area contributed by atoms with E-state index in [1.165, 1.54) is 23.1 Å². The van der Waals surface area contributed by atoms with Gasteiger partial charge in [0.1, 0.15) is 11.1 Å². The maximum absolute atomic E-state index is 12.6. The van der Waals surface area contributed by atoms with Gasteiger partial charge in [0.2, 0.25) is 5.91 Å². The first kappa shape index (κ1) is 19.1. The Morgan fingerprint density at radius 2 is 2.11 bits per heavy atom. The van der Waals surface area contributed by atoms with Gasteiger partial charge >= 0.3 is 0 Å². The van der Waals surface area contributed by atoms with Crippen molar-refractivity contribution in [2.45, 2.75) is 32.5 Å². The van der Waals surface area contributed by atoms with Crippen molar-refractivity contribution in [2.24, 2.45) is 0 Å². The highest BCUT2D eigenvalue weighted by atomic mass is 32.2. The van der Waals surface area contributed by atoms with Gasteiger partial charge in [-0.05, 0) is 38.5 Å². The highest BCUT2D eigenvalue weighted by Crippen LogP contribution is 2.31. The Kier molecular flexibility index (Phi) is 5.63. The van der Waals surface area contributed by atoms with E-state index >= 15 is 0 Å². The summed E-state index contributed by atoms with van der Waals surface area (Å²) >= 11 is 2.61. The van der Waals surface area contributed by atoms with Crippen LogP contribution >= 0.6 is 23.1 Å². The summed E-state index contributed by atoms with van der Waals surface area (Å²) in [5.41, 5.74) is 1.90. The maximum Gasteiger partial charge on any atom is 0.262 e. The Hall–Kier alpha value is -2.63. The summed E-state index contributed by atoms with van der Waals surface area (Å²) in [6.07, 6.45) is 0. The number of nitriles is 1. The number of nitrogens with zero attached hydrogens (tertiary/aromatic N) is 3. The van der Waals surface area contributed by atoms with Crippen molar-refractivity contribution in [1.82, 2.24) is 9.55 Å². The molecule has 27 heavy (non-hydrogen) atoms. The molecule has 0 spiro atoms. The van der Waals surface area contributed by atoms with Crippen molar-refractivity contribution in [1.29, 1.82) is 5.26 Å². The summed E-state index contributed by atoms with van der Waals surface area (Å²) in [4.78, 5) is 30.5. The number of carbonyl (C=O) groups excluding carboxylic acids is 1. The third-order valence-corrected chi connectivity index (χ3v) is 6.32. The van der Waals surface area contributed by atoms with Crippen LogP contribution in [-0.2, 0) is 11.3 Å². The molecule has 1 aromatic carbocycles. The molecule has 0 saturated carbocycles. The molecule has 0 bridgehead atoms. The lowest BCUT2D eigenvalue weighted by molar-refractivity contribution is -0.113. The topological polar surface area (TPSA) is 87.8 Å². The van der Waals surface area contributed by atoms with E-state index < -0.39 is 0 Å². The Morgan fingerprint density at radius 1 is 1.37 bits per heavy atom. The number of aryl methyl sites for hydroxylation is 1. The number of amides is 1. The number of hydrogen-bond donors (Lipinski definition) is 1. The second kappa shape index (κ2) is 7.94. The van der Waals surface area contributed by atoms with Crippen LogP contribution in [0.3, 0.4) is 0 Å². The van der Waals surface area contributed by atoms with Gasteiger partial charge in [-0.3, -0.25) is 14.2 Å². The Balaban J connectivity index is 1.81. The lowest BCUT2D eigenvalue weighted by Crippen LogP contribution is -2.23. The fourth-order valence-corrected chi connectivity index (χ4v) is 4.57. The molecule has 0 unspecified atom stereocenters. The van der Waals surface area contributed by atoms with Gasteiger partial charge in [0.15, 0.2) is 5.16 Å².